The van der Waals surface area contributed by atoms with Crippen LogP contribution in [0.15, 0.2) is 6.07 Å². The van der Waals surface area contributed by atoms with Crippen LogP contribution in [0.4, 0.5) is 5.82 Å². The van der Waals surface area contributed by atoms with Gasteiger partial charge in [-0.05, 0) is 44.2 Å². The molecule has 1 aliphatic carbocycles. The van der Waals surface area contributed by atoms with Crippen LogP contribution >= 0.6 is 0 Å². The number of aliphatic hydroxyl groups is 1. The highest BCUT2D eigenvalue weighted by Crippen LogP contribution is 2.45. The van der Waals surface area contributed by atoms with Crippen LogP contribution in [0.25, 0.3) is 0 Å². The van der Waals surface area contributed by atoms with Gasteiger partial charge in [-0.25, -0.2) is 9.78 Å². The number of hydrogen-bond donors (Lipinski definition) is 3. The second-order valence-electron chi connectivity index (χ2n) is 7.40. The third-order valence-electron chi connectivity index (χ3n) is 5.54. The molecule has 1 unspecified atom stereocenters. The lowest BCUT2D eigenvalue weighted by molar-refractivity contribution is -0.158. The number of rotatable bonds is 5. The highest BCUT2D eigenvalue weighted by molar-refractivity contribution is 5.94. The zero-order chi connectivity index (χ0) is 18.4. The van der Waals surface area contributed by atoms with Crippen molar-refractivity contribution in [2.45, 2.75) is 45.6 Å². The summed E-state index contributed by atoms with van der Waals surface area (Å²) in [5.41, 5.74) is 0.301. The number of carbonyl (C=O) groups is 2. The van der Waals surface area contributed by atoms with Gasteiger partial charge in [-0.3, -0.25) is 4.79 Å². The molecule has 1 aromatic rings. The van der Waals surface area contributed by atoms with Crippen LogP contribution in [0.1, 0.15) is 47.3 Å². The van der Waals surface area contributed by atoms with E-state index in [1.807, 2.05) is 0 Å². The average molecular weight is 348 g/mol. The number of hydrogen-bond acceptors (Lipinski definition) is 5. The molecule has 0 amide bonds. The van der Waals surface area contributed by atoms with Crippen molar-refractivity contribution in [3.05, 3.63) is 22.9 Å². The van der Waals surface area contributed by atoms with Gasteiger partial charge in [0.25, 0.3) is 0 Å². The van der Waals surface area contributed by atoms with Gasteiger partial charge in [-0.15, -0.1) is 0 Å². The van der Waals surface area contributed by atoms with E-state index in [1.165, 1.54) is 0 Å². The van der Waals surface area contributed by atoms with Gasteiger partial charge in [0.1, 0.15) is 16.8 Å². The smallest absolute Gasteiger partial charge is 0.339 e. The Morgan fingerprint density at radius 3 is 2.52 bits per heavy atom. The maximum Gasteiger partial charge on any atom is 0.339 e. The number of nitrogens with zero attached hydrogens (tertiary/aromatic N) is 2. The molecule has 2 fully saturated rings. The first-order chi connectivity index (χ1) is 11.7. The molecule has 1 aliphatic heterocycles. The van der Waals surface area contributed by atoms with Crippen molar-refractivity contribution in [1.29, 1.82) is 0 Å². The molecule has 3 rings (SSSR count). The van der Waals surface area contributed by atoms with Crippen LogP contribution in [0.5, 0.6) is 0 Å². The molecule has 2 aliphatic rings. The molecule has 136 valence electrons. The van der Waals surface area contributed by atoms with Crippen LogP contribution in [0.2, 0.25) is 0 Å². The molecule has 0 spiro atoms. The van der Waals surface area contributed by atoms with Gasteiger partial charge in [-0.2, -0.15) is 0 Å². The molecule has 25 heavy (non-hydrogen) atoms. The third-order valence-corrected chi connectivity index (χ3v) is 5.54. The fourth-order valence-electron chi connectivity index (χ4n) is 3.69. The zero-order valence-corrected chi connectivity index (χ0v) is 14.5. The van der Waals surface area contributed by atoms with E-state index in [0.29, 0.717) is 30.4 Å². The van der Waals surface area contributed by atoms with Crippen molar-refractivity contribution in [2.24, 2.45) is 11.3 Å². The Hall–Kier alpha value is -2.15. The second kappa shape index (κ2) is 6.29. The van der Waals surface area contributed by atoms with E-state index in [4.69, 9.17) is 0 Å². The van der Waals surface area contributed by atoms with Gasteiger partial charge in [0.15, 0.2) is 0 Å². The summed E-state index contributed by atoms with van der Waals surface area (Å²) in [5.74, 6) is -1.47. The van der Waals surface area contributed by atoms with Crippen LogP contribution in [-0.4, -0.2) is 51.4 Å². The molecule has 0 bridgehead atoms. The summed E-state index contributed by atoms with van der Waals surface area (Å²) in [7, 11) is 0. The number of aromatic carboxylic acids is 1. The van der Waals surface area contributed by atoms with Crippen LogP contribution in [0, 0.1) is 25.2 Å². The summed E-state index contributed by atoms with van der Waals surface area (Å²) < 4.78 is 0. The topological polar surface area (TPSA) is 111 Å². The normalized spacial score (nSPS) is 26.5. The zero-order valence-electron chi connectivity index (χ0n) is 14.5. The molecule has 2 heterocycles. The Labute approximate surface area is 146 Å². The van der Waals surface area contributed by atoms with Crippen LogP contribution in [-0.2, 0) is 4.79 Å². The summed E-state index contributed by atoms with van der Waals surface area (Å²) in [5, 5.41) is 29.8. The van der Waals surface area contributed by atoms with Gasteiger partial charge in [-0.1, -0.05) is 12.8 Å². The number of carboxylic acids is 2. The maximum atomic E-state index is 12.0. The molecule has 2 atom stereocenters. The molecule has 0 aromatic carbocycles. The number of carboxylic acid groups (broad SMARTS) is 2. The van der Waals surface area contributed by atoms with Crippen molar-refractivity contribution in [2.75, 3.05) is 18.0 Å². The molecule has 1 aromatic heterocycles. The van der Waals surface area contributed by atoms with E-state index in [-0.39, 0.29) is 18.5 Å². The second-order valence-corrected chi connectivity index (χ2v) is 7.40. The predicted molar refractivity (Wildman–Crippen MR) is 90.9 cm³/mol. The minimum atomic E-state index is -1.27. The summed E-state index contributed by atoms with van der Waals surface area (Å²) in [6.07, 6.45) is 1.76. The SMILES string of the molecule is Cc1cc(C(=O)O)c(N2CCC(O)[C@@](CC3CC3)(C(=O)O)C2)nc1C. The van der Waals surface area contributed by atoms with E-state index in [9.17, 15) is 24.9 Å². The fourth-order valence-corrected chi connectivity index (χ4v) is 3.69. The van der Waals surface area contributed by atoms with Crippen LogP contribution in [0.3, 0.4) is 0 Å². The van der Waals surface area contributed by atoms with E-state index >= 15 is 0 Å². The molecule has 7 nitrogen and oxygen atoms in total. The standard InChI is InChI=1S/C18H24N2O5/c1-10-7-13(16(22)23)15(19-11(10)2)20-6-5-14(21)18(9-20,17(24)25)8-12-3-4-12/h7,12,14,21H,3-6,8-9H2,1-2H3,(H,22,23)(H,24,25)/t14?,18-/m0/s1. The number of aromatic nitrogens is 1. The highest BCUT2D eigenvalue weighted by atomic mass is 16.4. The Bertz CT molecular complexity index is 716. The first-order valence-electron chi connectivity index (χ1n) is 8.62. The van der Waals surface area contributed by atoms with E-state index in [1.54, 1.807) is 24.8 Å². The quantitative estimate of drug-likeness (QED) is 0.744. The van der Waals surface area contributed by atoms with Crippen molar-refractivity contribution < 1.29 is 24.9 Å². The predicted octanol–water partition coefficient (Wildman–Crippen LogP) is 1.84. The molecular weight excluding hydrogens is 324 g/mol. The van der Waals surface area contributed by atoms with Crippen molar-refractivity contribution >= 4 is 17.8 Å². The molecule has 1 saturated carbocycles. The van der Waals surface area contributed by atoms with Gasteiger partial charge in [0, 0.05) is 18.8 Å². The minimum absolute atomic E-state index is 0.0743. The lowest BCUT2D eigenvalue weighted by Crippen LogP contribution is -2.56. The van der Waals surface area contributed by atoms with E-state index < -0.39 is 23.5 Å². The minimum Gasteiger partial charge on any atom is -0.481 e. The fraction of sp³-hybridized carbons (Fsp3) is 0.611. The Kier molecular flexibility index (Phi) is 4.45. The summed E-state index contributed by atoms with van der Waals surface area (Å²) in [6.45, 7) is 4.07. The molecular formula is C18H24N2O5. The molecule has 0 radical (unpaired) electrons. The van der Waals surface area contributed by atoms with Crippen molar-refractivity contribution in [1.82, 2.24) is 4.98 Å². The third kappa shape index (κ3) is 3.20. The first kappa shape index (κ1) is 17.7. The number of aliphatic hydroxyl groups excluding tert-OH is 1. The Morgan fingerprint density at radius 1 is 1.28 bits per heavy atom. The largest absolute Gasteiger partial charge is 0.481 e. The number of anilines is 1. The lowest BCUT2D eigenvalue weighted by atomic mass is 9.73. The molecule has 1 saturated heterocycles. The van der Waals surface area contributed by atoms with Gasteiger partial charge < -0.3 is 20.2 Å². The highest BCUT2D eigenvalue weighted by Gasteiger charge is 2.52. The Balaban J connectivity index is 1.99. The number of piperidine rings is 1. The molecule has 7 heteroatoms. The lowest BCUT2D eigenvalue weighted by Gasteiger charge is -2.44. The average Bonchev–Trinajstić information content (AvgIpc) is 3.35. The first-order valence-corrected chi connectivity index (χ1v) is 8.62. The van der Waals surface area contributed by atoms with E-state index in [2.05, 4.69) is 4.98 Å². The van der Waals surface area contributed by atoms with Gasteiger partial charge in [0.2, 0.25) is 0 Å². The monoisotopic (exact) mass is 348 g/mol. The number of aliphatic carboxylic acids is 1. The number of aryl methyl sites for hydroxylation is 2. The Morgan fingerprint density at radius 2 is 1.96 bits per heavy atom. The van der Waals surface area contributed by atoms with Gasteiger partial charge in [0.05, 0.1) is 6.10 Å². The van der Waals surface area contributed by atoms with Crippen molar-refractivity contribution in [3.8, 4) is 0 Å². The van der Waals surface area contributed by atoms with Crippen LogP contribution < -0.4 is 4.90 Å². The van der Waals surface area contributed by atoms with Crippen molar-refractivity contribution in [3.63, 3.8) is 0 Å². The maximum absolute atomic E-state index is 12.0. The summed E-state index contributed by atoms with van der Waals surface area (Å²) in [6, 6.07) is 1.58. The number of pyridine rings is 1. The summed E-state index contributed by atoms with van der Waals surface area (Å²) in [4.78, 5) is 29.8. The summed E-state index contributed by atoms with van der Waals surface area (Å²) >= 11 is 0. The van der Waals surface area contributed by atoms with E-state index in [0.717, 1.165) is 18.4 Å². The molecule has 3 N–H and O–H groups in total. The van der Waals surface area contributed by atoms with Gasteiger partial charge >= 0.3 is 11.9 Å².